The summed E-state index contributed by atoms with van der Waals surface area (Å²) in [5.74, 6) is 0.699. The van der Waals surface area contributed by atoms with Gasteiger partial charge < -0.3 is 9.80 Å². The number of sulfone groups is 1. The molecule has 0 radical (unpaired) electrons. The molecule has 7 nitrogen and oxygen atoms in total. The molecule has 2 saturated heterocycles. The Labute approximate surface area is 149 Å². The summed E-state index contributed by atoms with van der Waals surface area (Å²) in [6, 6.07) is 1.59. The van der Waals surface area contributed by atoms with Gasteiger partial charge in [0, 0.05) is 31.9 Å². The topological polar surface area (TPSA) is 83.5 Å². The fourth-order valence-corrected chi connectivity index (χ4v) is 5.27. The molecule has 2 aliphatic rings. The van der Waals surface area contributed by atoms with Gasteiger partial charge in [0.1, 0.15) is 5.69 Å². The lowest BCUT2D eigenvalue weighted by atomic mass is 10.2. The highest BCUT2D eigenvalue weighted by atomic mass is 32.2. The van der Waals surface area contributed by atoms with Gasteiger partial charge in [0.15, 0.2) is 9.84 Å². The second-order valence-electron chi connectivity index (χ2n) is 7.07. The minimum absolute atomic E-state index is 0.0545. The van der Waals surface area contributed by atoms with Crippen LogP contribution in [0, 0.1) is 6.92 Å². The Kier molecular flexibility index (Phi) is 5.27. The van der Waals surface area contributed by atoms with E-state index < -0.39 is 9.84 Å². The summed E-state index contributed by atoms with van der Waals surface area (Å²) in [6.45, 7) is 3.38. The molecule has 3 rings (SSSR count). The molecule has 0 saturated carbocycles. The zero-order valence-electron chi connectivity index (χ0n) is 14.9. The van der Waals surface area contributed by atoms with Crippen LogP contribution in [-0.2, 0) is 9.84 Å². The molecule has 1 aromatic rings. The molecule has 0 N–H and O–H groups in total. The number of nitrogens with zero attached hydrogens (tertiary/aromatic N) is 4. The van der Waals surface area contributed by atoms with Crippen LogP contribution in [0.2, 0.25) is 0 Å². The number of aryl methyl sites for hydroxylation is 1. The molecule has 1 atom stereocenters. The van der Waals surface area contributed by atoms with Gasteiger partial charge in [0.25, 0.3) is 5.91 Å². The summed E-state index contributed by atoms with van der Waals surface area (Å²) in [4.78, 5) is 25.4. The molecule has 2 aliphatic heterocycles. The van der Waals surface area contributed by atoms with Crippen molar-refractivity contribution < 1.29 is 13.2 Å². The first-order valence-electron chi connectivity index (χ1n) is 8.94. The predicted molar refractivity (Wildman–Crippen MR) is 96.6 cm³/mol. The van der Waals surface area contributed by atoms with Crippen LogP contribution in [0.4, 0.5) is 5.95 Å². The van der Waals surface area contributed by atoms with Crippen molar-refractivity contribution in [2.24, 2.45) is 0 Å². The van der Waals surface area contributed by atoms with Crippen molar-refractivity contribution >= 4 is 21.7 Å². The summed E-state index contributed by atoms with van der Waals surface area (Å²) in [5.41, 5.74) is 1.12. The molecule has 1 amide bonds. The van der Waals surface area contributed by atoms with E-state index in [2.05, 4.69) is 9.97 Å². The van der Waals surface area contributed by atoms with E-state index in [-0.39, 0.29) is 23.5 Å². The van der Waals surface area contributed by atoms with Crippen LogP contribution in [0.5, 0.6) is 0 Å². The molecule has 3 heterocycles. The highest BCUT2D eigenvalue weighted by molar-refractivity contribution is 7.91. The van der Waals surface area contributed by atoms with Crippen LogP contribution < -0.4 is 4.90 Å². The maximum Gasteiger partial charge on any atom is 0.272 e. The van der Waals surface area contributed by atoms with Crippen LogP contribution >= 0.6 is 0 Å². The Morgan fingerprint density at radius 2 is 1.88 bits per heavy atom. The monoisotopic (exact) mass is 366 g/mol. The van der Waals surface area contributed by atoms with E-state index in [9.17, 15) is 13.2 Å². The Hall–Kier alpha value is -1.70. The number of hydrogen-bond donors (Lipinski definition) is 0. The molecule has 0 bridgehead atoms. The summed E-state index contributed by atoms with van der Waals surface area (Å²) in [5, 5.41) is 0. The minimum atomic E-state index is -2.98. The van der Waals surface area contributed by atoms with Crippen molar-refractivity contribution in [1.82, 2.24) is 14.9 Å². The third kappa shape index (κ3) is 4.29. The van der Waals surface area contributed by atoms with Crippen LogP contribution in [0.15, 0.2) is 6.07 Å². The number of likely N-dealkylation sites (tertiary alicyclic amines) is 1. The zero-order valence-corrected chi connectivity index (χ0v) is 15.8. The third-order valence-corrected chi connectivity index (χ3v) is 6.78. The predicted octanol–water partition coefficient (Wildman–Crippen LogP) is 1.42. The highest BCUT2D eigenvalue weighted by Gasteiger charge is 2.32. The zero-order chi connectivity index (χ0) is 18.0. The van der Waals surface area contributed by atoms with Crippen molar-refractivity contribution in [1.29, 1.82) is 0 Å². The first-order valence-corrected chi connectivity index (χ1v) is 10.8. The quantitative estimate of drug-likeness (QED) is 0.805. The molecule has 25 heavy (non-hydrogen) atoms. The van der Waals surface area contributed by atoms with Crippen LogP contribution in [0.3, 0.4) is 0 Å². The van der Waals surface area contributed by atoms with Crippen LogP contribution in [0.25, 0.3) is 0 Å². The molecule has 1 aromatic heterocycles. The van der Waals surface area contributed by atoms with Gasteiger partial charge in [-0.25, -0.2) is 18.4 Å². The van der Waals surface area contributed by atoms with Crippen molar-refractivity contribution in [3.05, 3.63) is 17.5 Å². The average molecular weight is 366 g/mol. The van der Waals surface area contributed by atoms with E-state index in [1.54, 1.807) is 18.0 Å². The molecular formula is C17H26N4O3S. The number of carbonyl (C=O) groups excluding carboxylic acids is 1. The number of anilines is 1. The highest BCUT2D eigenvalue weighted by Crippen LogP contribution is 2.21. The number of rotatable bonds is 3. The molecular weight excluding hydrogens is 340 g/mol. The molecule has 8 heteroatoms. The molecule has 0 aliphatic carbocycles. The Bertz CT molecular complexity index is 742. The van der Waals surface area contributed by atoms with Gasteiger partial charge in [-0.1, -0.05) is 12.8 Å². The summed E-state index contributed by atoms with van der Waals surface area (Å²) in [6.07, 6.45) is 4.96. The van der Waals surface area contributed by atoms with Gasteiger partial charge in [-0.15, -0.1) is 0 Å². The number of amides is 1. The van der Waals surface area contributed by atoms with E-state index in [0.717, 1.165) is 44.5 Å². The Balaban J connectivity index is 1.81. The van der Waals surface area contributed by atoms with Crippen molar-refractivity contribution in [2.45, 2.75) is 45.1 Å². The van der Waals surface area contributed by atoms with Gasteiger partial charge in [-0.3, -0.25) is 4.79 Å². The first-order chi connectivity index (χ1) is 11.9. The maximum atomic E-state index is 12.8. The number of carbonyl (C=O) groups is 1. The minimum Gasteiger partial charge on any atom is -0.340 e. The SMILES string of the molecule is Cc1cc(C(=O)N2CCCCCC2)nc(N(C)C2CCS(=O)(=O)C2)n1. The standard InChI is InChI=1S/C17H26N4O3S/c1-13-11-15(16(22)21-8-5-3-4-6-9-21)19-17(18-13)20(2)14-7-10-25(23,24)12-14/h11,14H,3-10,12H2,1-2H3. The lowest BCUT2D eigenvalue weighted by Crippen LogP contribution is -2.36. The fraction of sp³-hybridized carbons (Fsp3) is 0.706. The Morgan fingerprint density at radius 3 is 2.48 bits per heavy atom. The lowest BCUT2D eigenvalue weighted by Gasteiger charge is -2.25. The normalized spacial score (nSPS) is 23.3. The van der Waals surface area contributed by atoms with Gasteiger partial charge in [0.2, 0.25) is 5.95 Å². The van der Waals surface area contributed by atoms with Gasteiger partial charge in [0.05, 0.1) is 11.5 Å². The van der Waals surface area contributed by atoms with E-state index in [1.807, 2.05) is 11.8 Å². The molecule has 138 valence electrons. The van der Waals surface area contributed by atoms with E-state index >= 15 is 0 Å². The van der Waals surface area contributed by atoms with Crippen molar-refractivity contribution in [2.75, 3.05) is 36.5 Å². The van der Waals surface area contributed by atoms with Crippen LogP contribution in [0.1, 0.15) is 48.3 Å². The maximum absolute atomic E-state index is 12.8. The fourth-order valence-electron chi connectivity index (χ4n) is 3.50. The second-order valence-corrected chi connectivity index (χ2v) is 9.30. The average Bonchev–Trinajstić information content (AvgIpc) is 2.77. The number of aromatic nitrogens is 2. The smallest absolute Gasteiger partial charge is 0.272 e. The van der Waals surface area contributed by atoms with Crippen molar-refractivity contribution in [3.8, 4) is 0 Å². The van der Waals surface area contributed by atoms with Crippen LogP contribution in [-0.4, -0.2) is 66.9 Å². The van der Waals surface area contributed by atoms with Gasteiger partial charge in [-0.2, -0.15) is 0 Å². The summed E-state index contributed by atoms with van der Waals surface area (Å²) in [7, 11) is -1.17. The summed E-state index contributed by atoms with van der Waals surface area (Å²) < 4.78 is 23.5. The lowest BCUT2D eigenvalue weighted by molar-refractivity contribution is 0.0755. The van der Waals surface area contributed by atoms with E-state index in [0.29, 0.717) is 18.1 Å². The molecule has 0 aromatic carbocycles. The molecule has 1 unspecified atom stereocenters. The number of hydrogen-bond acceptors (Lipinski definition) is 6. The van der Waals surface area contributed by atoms with Gasteiger partial charge in [-0.05, 0) is 32.3 Å². The summed E-state index contributed by atoms with van der Waals surface area (Å²) >= 11 is 0. The molecule has 2 fully saturated rings. The first kappa shape index (κ1) is 18.1. The van der Waals surface area contributed by atoms with E-state index in [4.69, 9.17) is 0 Å². The third-order valence-electron chi connectivity index (χ3n) is 5.03. The van der Waals surface area contributed by atoms with Crippen molar-refractivity contribution in [3.63, 3.8) is 0 Å². The van der Waals surface area contributed by atoms with E-state index in [1.165, 1.54) is 0 Å². The largest absolute Gasteiger partial charge is 0.340 e. The molecule has 0 spiro atoms. The second kappa shape index (κ2) is 7.27. The van der Waals surface area contributed by atoms with Gasteiger partial charge >= 0.3 is 0 Å². The Morgan fingerprint density at radius 1 is 1.20 bits per heavy atom.